The molecule has 3 heterocycles. The Kier molecular flexibility index (Phi) is 4.87. The molecule has 0 radical (unpaired) electrons. The first-order valence-electron chi connectivity index (χ1n) is 7.34. The van der Waals surface area contributed by atoms with E-state index < -0.39 is 0 Å². The zero-order chi connectivity index (χ0) is 15.4. The van der Waals surface area contributed by atoms with Gasteiger partial charge in [0.1, 0.15) is 6.61 Å². The molecular weight excluding hydrogens is 286 g/mol. The van der Waals surface area contributed by atoms with Crippen LogP contribution in [0.3, 0.4) is 0 Å². The first-order valence-corrected chi connectivity index (χ1v) is 7.34. The van der Waals surface area contributed by atoms with Crippen LogP contribution in [-0.2, 0) is 22.6 Å². The number of rotatable bonds is 7. The Morgan fingerprint density at radius 1 is 1.32 bits per heavy atom. The lowest BCUT2D eigenvalue weighted by Crippen LogP contribution is -2.20. The fourth-order valence-electron chi connectivity index (χ4n) is 3.00. The van der Waals surface area contributed by atoms with Crippen LogP contribution >= 0.6 is 0 Å². The molecule has 2 atom stereocenters. The molecule has 0 aliphatic carbocycles. The predicted molar refractivity (Wildman–Crippen MR) is 77.1 cm³/mol. The first-order chi connectivity index (χ1) is 10.8. The highest BCUT2D eigenvalue weighted by atomic mass is 16.5. The van der Waals surface area contributed by atoms with Gasteiger partial charge >= 0.3 is 0 Å². The highest BCUT2D eigenvalue weighted by Crippen LogP contribution is 2.32. The molecule has 2 aromatic heterocycles. The van der Waals surface area contributed by atoms with Crippen LogP contribution in [-0.4, -0.2) is 49.0 Å². The highest BCUT2D eigenvalue weighted by molar-refractivity contribution is 5.08. The summed E-state index contributed by atoms with van der Waals surface area (Å²) in [6.45, 7) is 3.70. The van der Waals surface area contributed by atoms with Crippen molar-refractivity contribution >= 4 is 0 Å². The third-order valence-electron chi connectivity index (χ3n) is 3.96. The summed E-state index contributed by atoms with van der Waals surface area (Å²) in [5, 5.41) is 3.96. The Hall–Kier alpha value is -1.70. The number of ether oxygens (including phenoxy) is 2. The molecule has 0 bridgehead atoms. The number of nitrogens with zero attached hydrogens (tertiary/aromatic N) is 3. The van der Waals surface area contributed by atoms with E-state index in [0.717, 1.165) is 19.6 Å². The van der Waals surface area contributed by atoms with E-state index in [0.29, 0.717) is 30.8 Å². The second-order valence-corrected chi connectivity index (χ2v) is 5.63. The van der Waals surface area contributed by atoms with E-state index >= 15 is 0 Å². The molecule has 1 saturated heterocycles. The summed E-state index contributed by atoms with van der Waals surface area (Å²) in [5.41, 5.74) is 1.17. The van der Waals surface area contributed by atoms with Gasteiger partial charge in [-0.25, -0.2) is 0 Å². The quantitative estimate of drug-likeness (QED) is 0.770. The van der Waals surface area contributed by atoms with Crippen LogP contribution in [0.4, 0.5) is 0 Å². The van der Waals surface area contributed by atoms with Gasteiger partial charge in [-0.3, -0.25) is 4.90 Å². The summed E-state index contributed by atoms with van der Waals surface area (Å²) < 4.78 is 20.9. The van der Waals surface area contributed by atoms with Gasteiger partial charge in [0.2, 0.25) is 5.89 Å². The Balaban J connectivity index is 1.69. The van der Waals surface area contributed by atoms with Crippen molar-refractivity contribution in [3.63, 3.8) is 0 Å². The van der Waals surface area contributed by atoms with Gasteiger partial charge in [-0.1, -0.05) is 5.16 Å². The molecule has 3 rings (SSSR count). The van der Waals surface area contributed by atoms with E-state index in [1.54, 1.807) is 26.7 Å². The summed E-state index contributed by atoms with van der Waals surface area (Å²) in [4.78, 5) is 6.80. The summed E-state index contributed by atoms with van der Waals surface area (Å²) in [5.74, 6) is 1.78. The van der Waals surface area contributed by atoms with E-state index in [-0.39, 0.29) is 5.92 Å². The molecule has 7 nitrogen and oxygen atoms in total. The molecular formula is C15H21N3O4. The van der Waals surface area contributed by atoms with Gasteiger partial charge in [0.15, 0.2) is 5.82 Å². The van der Waals surface area contributed by atoms with Crippen molar-refractivity contribution in [2.45, 2.75) is 19.1 Å². The zero-order valence-electron chi connectivity index (χ0n) is 12.9. The molecule has 22 heavy (non-hydrogen) atoms. The van der Waals surface area contributed by atoms with Crippen molar-refractivity contribution in [2.75, 3.05) is 33.9 Å². The van der Waals surface area contributed by atoms with Gasteiger partial charge in [-0.2, -0.15) is 4.98 Å². The standard InChI is InChI=1S/C15H21N3O4/c1-19-9-12-6-18(5-11-3-4-21-8-11)7-13(12)15-16-14(10-20-2)17-22-15/h3-4,8,12-13H,5-7,9-10H2,1-2H3/t12-,13+/m0/s1. The summed E-state index contributed by atoms with van der Waals surface area (Å²) in [6.07, 6.45) is 3.48. The van der Waals surface area contributed by atoms with Crippen LogP contribution in [0.2, 0.25) is 0 Å². The Morgan fingerprint density at radius 3 is 2.95 bits per heavy atom. The van der Waals surface area contributed by atoms with E-state index in [1.807, 2.05) is 6.07 Å². The molecule has 1 aliphatic rings. The normalized spacial score (nSPS) is 22.5. The van der Waals surface area contributed by atoms with Crippen LogP contribution < -0.4 is 0 Å². The van der Waals surface area contributed by atoms with E-state index in [2.05, 4.69) is 15.0 Å². The van der Waals surface area contributed by atoms with Crippen LogP contribution in [0.25, 0.3) is 0 Å². The van der Waals surface area contributed by atoms with Crippen molar-refractivity contribution < 1.29 is 18.4 Å². The fraction of sp³-hybridized carbons (Fsp3) is 0.600. The summed E-state index contributed by atoms with van der Waals surface area (Å²) >= 11 is 0. The average Bonchev–Trinajstić information content (AvgIpc) is 3.21. The number of aromatic nitrogens is 2. The average molecular weight is 307 g/mol. The van der Waals surface area contributed by atoms with Crippen molar-refractivity contribution in [1.29, 1.82) is 0 Å². The SMILES string of the molecule is COCc1noc([C@@H]2CN(Cc3ccoc3)C[C@H]2COC)n1. The minimum atomic E-state index is 0.185. The van der Waals surface area contributed by atoms with Gasteiger partial charge in [0.05, 0.1) is 25.1 Å². The second-order valence-electron chi connectivity index (χ2n) is 5.63. The molecule has 0 unspecified atom stereocenters. The van der Waals surface area contributed by atoms with Gasteiger partial charge in [0.25, 0.3) is 0 Å². The highest BCUT2D eigenvalue weighted by Gasteiger charge is 2.37. The van der Waals surface area contributed by atoms with Crippen molar-refractivity contribution in [3.05, 3.63) is 35.9 Å². The minimum Gasteiger partial charge on any atom is -0.472 e. The summed E-state index contributed by atoms with van der Waals surface area (Å²) in [7, 11) is 3.34. The number of hydrogen-bond acceptors (Lipinski definition) is 7. The molecule has 1 aliphatic heterocycles. The van der Waals surface area contributed by atoms with Gasteiger partial charge < -0.3 is 18.4 Å². The van der Waals surface area contributed by atoms with Gasteiger partial charge in [0, 0.05) is 45.3 Å². The molecule has 2 aromatic rings. The number of methoxy groups -OCH3 is 2. The Bertz CT molecular complexity index is 569. The van der Waals surface area contributed by atoms with E-state index in [1.165, 1.54) is 5.56 Å². The summed E-state index contributed by atoms with van der Waals surface area (Å²) in [6, 6.07) is 1.99. The van der Waals surface area contributed by atoms with Crippen LogP contribution in [0, 0.1) is 5.92 Å². The maximum absolute atomic E-state index is 5.42. The molecule has 0 N–H and O–H groups in total. The topological polar surface area (TPSA) is 73.8 Å². The molecule has 0 saturated carbocycles. The van der Waals surface area contributed by atoms with Crippen molar-refractivity contribution in [1.82, 2.24) is 15.0 Å². The third-order valence-corrected chi connectivity index (χ3v) is 3.96. The van der Waals surface area contributed by atoms with Crippen LogP contribution in [0.15, 0.2) is 27.5 Å². The predicted octanol–water partition coefficient (Wildman–Crippen LogP) is 1.67. The van der Waals surface area contributed by atoms with Crippen LogP contribution in [0.1, 0.15) is 23.2 Å². The maximum atomic E-state index is 5.42. The van der Waals surface area contributed by atoms with Gasteiger partial charge in [-0.05, 0) is 6.07 Å². The van der Waals surface area contributed by atoms with Crippen molar-refractivity contribution in [2.24, 2.45) is 5.92 Å². The fourth-order valence-corrected chi connectivity index (χ4v) is 3.00. The number of likely N-dealkylation sites (tertiary alicyclic amines) is 1. The molecule has 1 fully saturated rings. The van der Waals surface area contributed by atoms with Gasteiger partial charge in [-0.15, -0.1) is 0 Å². The first kappa shape index (κ1) is 15.2. The maximum Gasteiger partial charge on any atom is 0.231 e. The largest absolute Gasteiger partial charge is 0.472 e. The van der Waals surface area contributed by atoms with Crippen LogP contribution in [0.5, 0.6) is 0 Å². The smallest absolute Gasteiger partial charge is 0.231 e. The molecule has 120 valence electrons. The Labute approximate surface area is 129 Å². The number of furan rings is 1. The zero-order valence-corrected chi connectivity index (χ0v) is 12.9. The minimum absolute atomic E-state index is 0.185. The third kappa shape index (κ3) is 3.37. The molecule has 0 aromatic carbocycles. The number of hydrogen-bond donors (Lipinski definition) is 0. The van der Waals surface area contributed by atoms with E-state index in [4.69, 9.17) is 18.4 Å². The Morgan fingerprint density at radius 2 is 2.23 bits per heavy atom. The van der Waals surface area contributed by atoms with Crippen molar-refractivity contribution in [3.8, 4) is 0 Å². The van der Waals surface area contributed by atoms with E-state index in [9.17, 15) is 0 Å². The molecule has 0 spiro atoms. The monoisotopic (exact) mass is 307 g/mol. The molecule has 7 heteroatoms. The molecule has 0 amide bonds. The lowest BCUT2D eigenvalue weighted by molar-refractivity contribution is 0.142. The lowest BCUT2D eigenvalue weighted by atomic mass is 9.97. The lowest BCUT2D eigenvalue weighted by Gasteiger charge is -2.14. The second kappa shape index (κ2) is 7.04.